The molecule has 108 valence electrons. The zero-order valence-electron chi connectivity index (χ0n) is 9.70. The van der Waals surface area contributed by atoms with Crippen molar-refractivity contribution in [1.82, 2.24) is 9.62 Å². The predicted octanol–water partition coefficient (Wildman–Crippen LogP) is 2.77. The summed E-state index contributed by atoms with van der Waals surface area (Å²) in [5.74, 6) is 0. The lowest BCUT2D eigenvalue weighted by Crippen LogP contribution is -2.46. The molecule has 0 saturated carbocycles. The Kier molecular flexibility index (Phi) is 6.38. The summed E-state index contributed by atoms with van der Waals surface area (Å²) in [5.41, 5.74) is 0. The Hall–Kier alpha value is 0.440. The van der Waals surface area contributed by atoms with E-state index < -0.39 is 10.0 Å². The summed E-state index contributed by atoms with van der Waals surface area (Å²) in [6.45, 7) is 2.10. The van der Waals surface area contributed by atoms with E-state index in [-0.39, 0.29) is 27.3 Å². The largest absolute Gasteiger partial charge is 0.314 e. The first-order valence-electron chi connectivity index (χ1n) is 5.28. The number of benzene rings is 1. The average molecular weight is 411 g/mol. The zero-order chi connectivity index (χ0) is 13.3. The van der Waals surface area contributed by atoms with Crippen LogP contribution in [0.25, 0.3) is 0 Å². The second kappa shape index (κ2) is 6.93. The summed E-state index contributed by atoms with van der Waals surface area (Å²) in [4.78, 5) is -0.0177. The van der Waals surface area contributed by atoms with Gasteiger partial charge in [-0.3, -0.25) is 0 Å². The Morgan fingerprint density at radius 2 is 1.63 bits per heavy atom. The zero-order valence-corrected chi connectivity index (χ0v) is 14.4. The molecule has 1 aliphatic heterocycles. The quantitative estimate of drug-likeness (QED) is 0.816. The van der Waals surface area contributed by atoms with Crippen molar-refractivity contribution in [1.29, 1.82) is 0 Å². The van der Waals surface area contributed by atoms with Crippen LogP contribution in [-0.4, -0.2) is 38.9 Å². The van der Waals surface area contributed by atoms with Crippen molar-refractivity contribution in [3.05, 3.63) is 26.7 Å². The van der Waals surface area contributed by atoms with Crippen molar-refractivity contribution in [2.24, 2.45) is 0 Å². The van der Waals surface area contributed by atoms with Crippen LogP contribution < -0.4 is 5.32 Å². The van der Waals surface area contributed by atoms with Gasteiger partial charge in [-0.1, -0.05) is 39.1 Å². The number of halogens is 4. The Morgan fingerprint density at radius 1 is 1.16 bits per heavy atom. The number of rotatable bonds is 2. The van der Waals surface area contributed by atoms with Gasteiger partial charge in [0, 0.05) is 30.7 Å². The number of nitrogens with one attached hydrogen (secondary N) is 1. The number of nitrogens with zero attached hydrogens (tertiary/aromatic N) is 1. The summed E-state index contributed by atoms with van der Waals surface area (Å²) in [7, 11) is -3.63. The molecule has 0 radical (unpaired) electrons. The first-order valence-corrected chi connectivity index (χ1v) is 8.27. The van der Waals surface area contributed by atoms with Crippen LogP contribution in [0.1, 0.15) is 0 Å². The topological polar surface area (TPSA) is 49.4 Å². The SMILES string of the molecule is Cl.O=S(=O)(c1c(Cl)cc(Br)cc1Cl)N1CCNCC1. The standard InChI is InChI=1S/C10H11BrCl2N2O2S.ClH/c11-7-5-8(12)10(9(13)6-7)18(16,17)15-3-1-14-2-4-15;/h5-6,14H,1-4H2;1H. The Labute approximate surface area is 137 Å². The Balaban J connectivity index is 0.00000180. The van der Waals surface area contributed by atoms with E-state index in [1.54, 1.807) is 0 Å². The van der Waals surface area contributed by atoms with Gasteiger partial charge in [0.05, 0.1) is 10.0 Å². The maximum absolute atomic E-state index is 12.5. The van der Waals surface area contributed by atoms with Crippen molar-refractivity contribution in [3.63, 3.8) is 0 Å². The van der Waals surface area contributed by atoms with Gasteiger partial charge in [-0.15, -0.1) is 12.4 Å². The molecule has 19 heavy (non-hydrogen) atoms. The molecule has 1 N–H and O–H groups in total. The van der Waals surface area contributed by atoms with Gasteiger partial charge in [0.15, 0.2) is 0 Å². The first kappa shape index (κ1) is 17.5. The van der Waals surface area contributed by atoms with Crippen molar-refractivity contribution >= 4 is 61.6 Å². The van der Waals surface area contributed by atoms with Gasteiger partial charge in [-0.25, -0.2) is 8.42 Å². The molecular formula is C10H12BrCl3N2O2S. The van der Waals surface area contributed by atoms with E-state index in [1.807, 2.05) is 0 Å². The van der Waals surface area contributed by atoms with Gasteiger partial charge < -0.3 is 5.32 Å². The number of sulfonamides is 1. The lowest BCUT2D eigenvalue weighted by Gasteiger charge is -2.27. The summed E-state index contributed by atoms with van der Waals surface area (Å²) in [6.07, 6.45) is 0. The van der Waals surface area contributed by atoms with Crippen molar-refractivity contribution < 1.29 is 8.42 Å². The lowest BCUT2D eigenvalue weighted by atomic mass is 10.4. The Morgan fingerprint density at radius 3 is 2.11 bits per heavy atom. The number of hydrogen-bond acceptors (Lipinski definition) is 3. The van der Waals surface area contributed by atoms with Gasteiger partial charge in [0.1, 0.15) is 4.90 Å². The van der Waals surface area contributed by atoms with E-state index >= 15 is 0 Å². The highest BCUT2D eigenvalue weighted by Crippen LogP contribution is 2.34. The molecule has 1 aromatic carbocycles. The lowest BCUT2D eigenvalue weighted by molar-refractivity contribution is 0.360. The molecule has 1 aromatic rings. The summed E-state index contributed by atoms with van der Waals surface area (Å²) in [6, 6.07) is 3.06. The molecule has 0 atom stereocenters. The molecule has 0 aliphatic carbocycles. The van der Waals surface area contributed by atoms with Crippen LogP contribution >= 0.6 is 51.5 Å². The van der Waals surface area contributed by atoms with Crippen LogP contribution in [-0.2, 0) is 10.0 Å². The molecule has 0 unspecified atom stereocenters. The number of hydrogen-bond donors (Lipinski definition) is 1. The third-order valence-corrected chi connectivity index (χ3v) is 5.92. The maximum Gasteiger partial charge on any atom is 0.246 e. The van der Waals surface area contributed by atoms with E-state index in [0.717, 1.165) is 0 Å². The van der Waals surface area contributed by atoms with Crippen molar-refractivity contribution in [2.75, 3.05) is 26.2 Å². The minimum atomic E-state index is -3.63. The van der Waals surface area contributed by atoms with E-state index in [4.69, 9.17) is 23.2 Å². The van der Waals surface area contributed by atoms with Crippen LogP contribution in [0.3, 0.4) is 0 Å². The van der Waals surface area contributed by atoms with Gasteiger partial charge >= 0.3 is 0 Å². The van der Waals surface area contributed by atoms with E-state index in [9.17, 15) is 8.42 Å². The highest BCUT2D eigenvalue weighted by Gasteiger charge is 2.30. The molecule has 1 saturated heterocycles. The highest BCUT2D eigenvalue weighted by atomic mass is 79.9. The van der Waals surface area contributed by atoms with Crippen LogP contribution in [0, 0.1) is 0 Å². The fourth-order valence-electron chi connectivity index (χ4n) is 1.79. The molecule has 0 spiro atoms. The highest BCUT2D eigenvalue weighted by molar-refractivity contribution is 9.10. The molecule has 4 nitrogen and oxygen atoms in total. The smallest absolute Gasteiger partial charge is 0.246 e. The van der Waals surface area contributed by atoms with Crippen LogP contribution in [0.4, 0.5) is 0 Å². The minimum absolute atomic E-state index is 0. The fraction of sp³-hybridized carbons (Fsp3) is 0.400. The Bertz CT molecular complexity index is 539. The molecular weight excluding hydrogens is 398 g/mol. The molecule has 1 heterocycles. The van der Waals surface area contributed by atoms with Gasteiger partial charge in [0.25, 0.3) is 0 Å². The van der Waals surface area contributed by atoms with Crippen molar-refractivity contribution in [3.8, 4) is 0 Å². The molecule has 1 fully saturated rings. The van der Waals surface area contributed by atoms with Crippen LogP contribution in [0.5, 0.6) is 0 Å². The second-order valence-corrected chi connectivity index (χ2v) is 7.46. The van der Waals surface area contributed by atoms with E-state index in [2.05, 4.69) is 21.2 Å². The van der Waals surface area contributed by atoms with Crippen molar-refractivity contribution in [2.45, 2.75) is 4.90 Å². The molecule has 2 rings (SSSR count). The summed E-state index contributed by atoms with van der Waals surface area (Å²) >= 11 is 15.2. The first-order chi connectivity index (χ1) is 8.43. The molecule has 9 heteroatoms. The third-order valence-electron chi connectivity index (χ3n) is 2.64. The predicted molar refractivity (Wildman–Crippen MR) is 83.0 cm³/mol. The molecule has 0 amide bonds. The average Bonchev–Trinajstić information content (AvgIpc) is 2.28. The summed E-state index contributed by atoms with van der Waals surface area (Å²) in [5, 5.41) is 3.36. The van der Waals surface area contributed by atoms with Crippen LogP contribution in [0.2, 0.25) is 10.0 Å². The molecule has 0 bridgehead atoms. The van der Waals surface area contributed by atoms with E-state index in [1.165, 1.54) is 16.4 Å². The molecule has 1 aliphatic rings. The monoisotopic (exact) mass is 408 g/mol. The van der Waals surface area contributed by atoms with Gasteiger partial charge in [0.2, 0.25) is 10.0 Å². The minimum Gasteiger partial charge on any atom is -0.314 e. The van der Waals surface area contributed by atoms with Crippen LogP contribution in [0.15, 0.2) is 21.5 Å². The molecule has 0 aromatic heterocycles. The maximum atomic E-state index is 12.5. The van der Waals surface area contributed by atoms with Gasteiger partial charge in [-0.05, 0) is 12.1 Å². The summed E-state index contributed by atoms with van der Waals surface area (Å²) < 4.78 is 27.0. The number of piperazine rings is 1. The second-order valence-electron chi connectivity index (χ2n) is 3.85. The fourth-order valence-corrected chi connectivity index (χ4v) is 5.11. The third kappa shape index (κ3) is 3.75. The normalized spacial score (nSPS) is 17.0. The van der Waals surface area contributed by atoms with Gasteiger partial charge in [-0.2, -0.15) is 4.31 Å². The van der Waals surface area contributed by atoms with E-state index in [0.29, 0.717) is 30.7 Å².